The van der Waals surface area contributed by atoms with Crippen LogP contribution in [0.15, 0.2) is 52.1 Å². The van der Waals surface area contributed by atoms with Crippen molar-refractivity contribution in [2.45, 2.75) is 19.9 Å². The summed E-state index contributed by atoms with van der Waals surface area (Å²) in [6.45, 7) is 4.05. The van der Waals surface area contributed by atoms with Gasteiger partial charge in [-0.25, -0.2) is 4.39 Å². The maximum atomic E-state index is 13.3. The van der Waals surface area contributed by atoms with Gasteiger partial charge in [-0.2, -0.15) is 0 Å². The lowest BCUT2D eigenvalue weighted by Crippen LogP contribution is -2.38. The summed E-state index contributed by atoms with van der Waals surface area (Å²) in [5.41, 5.74) is 0.916. The van der Waals surface area contributed by atoms with Crippen LogP contribution in [-0.4, -0.2) is 31.0 Å². The molecule has 1 heterocycles. The summed E-state index contributed by atoms with van der Waals surface area (Å²) < 4.78 is 18.6. The van der Waals surface area contributed by atoms with Crippen molar-refractivity contribution in [1.29, 1.82) is 0 Å². The van der Waals surface area contributed by atoms with E-state index < -0.39 is 0 Å². The lowest BCUT2D eigenvalue weighted by atomic mass is 10.2. The molecule has 0 aliphatic rings. The van der Waals surface area contributed by atoms with Crippen LogP contribution in [0.3, 0.4) is 0 Å². The van der Waals surface area contributed by atoms with Crippen LogP contribution in [0.4, 0.5) is 4.39 Å². The molecule has 4 nitrogen and oxygen atoms in total. The molecular weight excluding hydrogens is 281 g/mol. The SMILES string of the molecule is CCNC(=NCCc1ccco1)N(C)Cc1cccc(F)c1. The minimum Gasteiger partial charge on any atom is -0.469 e. The zero-order chi connectivity index (χ0) is 15.8. The number of nitrogens with one attached hydrogen (secondary N) is 1. The van der Waals surface area contributed by atoms with Crippen LogP contribution >= 0.6 is 0 Å². The Balaban J connectivity index is 1.96. The maximum absolute atomic E-state index is 13.3. The molecule has 1 aromatic heterocycles. The van der Waals surface area contributed by atoms with Gasteiger partial charge in [-0.3, -0.25) is 4.99 Å². The molecule has 5 heteroatoms. The topological polar surface area (TPSA) is 40.8 Å². The smallest absolute Gasteiger partial charge is 0.193 e. The Hall–Kier alpha value is -2.30. The van der Waals surface area contributed by atoms with E-state index in [1.165, 1.54) is 6.07 Å². The third kappa shape index (κ3) is 4.91. The maximum Gasteiger partial charge on any atom is 0.193 e. The first-order chi connectivity index (χ1) is 10.7. The van der Waals surface area contributed by atoms with Crippen LogP contribution in [-0.2, 0) is 13.0 Å². The summed E-state index contributed by atoms with van der Waals surface area (Å²) in [5, 5.41) is 3.25. The number of guanidine groups is 1. The van der Waals surface area contributed by atoms with Crippen LogP contribution < -0.4 is 5.32 Å². The second-order valence-corrected chi connectivity index (χ2v) is 5.05. The minimum atomic E-state index is -0.217. The Labute approximate surface area is 130 Å². The van der Waals surface area contributed by atoms with Crippen LogP contribution in [0.25, 0.3) is 0 Å². The average molecular weight is 303 g/mol. The summed E-state index contributed by atoms with van der Waals surface area (Å²) in [4.78, 5) is 6.57. The quantitative estimate of drug-likeness (QED) is 0.658. The van der Waals surface area contributed by atoms with Crippen molar-refractivity contribution < 1.29 is 8.81 Å². The molecule has 0 saturated carbocycles. The summed E-state index contributed by atoms with van der Waals surface area (Å²) in [6, 6.07) is 10.4. The number of rotatable bonds is 6. The van der Waals surface area contributed by atoms with Crippen molar-refractivity contribution in [2.75, 3.05) is 20.1 Å². The Morgan fingerprint density at radius 1 is 1.32 bits per heavy atom. The number of aliphatic imine (C=N–C) groups is 1. The second-order valence-electron chi connectivity index (χ2n) is 5.05. The molecule has 0 fully saturated rings. The van der Waals surface area contributed by atoms with E-state index in [1.54, 1.807) is 18.4 Å². The fourth-order valence-corrected chi connectivity index (χ4v) is 2.18. The summed E-state index contributed by atoms with van der Waals surface area (Å²) in [5.74, 6) is 1.51. The predicted octanol–water partition coefficient (Wildman–Crippen LogP) is 3.06. The molecule has 0 atom stereocenters. The number of nitrogens with zero attached hydrogens (tertiary/aromatic N) is 2. The van der Waals surface area contributed by atoms with Crippen LogP contribution in [0.5, 0.6) is 0 Å². The minimum absolute atomic E-state index is 0.217. The summed E-state index contributed by atoms with van der Waals surface area (Å²) >= 11 is 0. The van der Waals surface area contributed by atoms with E-state index in [0.29, 0.717) is 13.1 Å². The van der Waals surface area contributed by atoms with Gasteiger partial charge in [0.25, 0.3) is 0 Å². The highest BCUT2D eigenvalue weighted by Crippen LogP contribution is 2.07. The second kappa shape index (κ2) is 8.22. The Kier molecular flexibility index (Phi) is 6.01. The van der Waals surface area contributed by atoms with Gasteiger partial charge in [-0.15, -0.1) is 0 Å². The van der Waals surface area contributed by atoms with Crippen LogP contribution in [0.1, 0.15) is 18.2 Å². The van der Waals surface area contributed by atoms with Crippen molar-refractivity contribution in [2.24, 2.45) is 4.99 Å². The van der Waals surface area contributed by atoms with E-state index in [9.17, 15) is 4.39 Å². The standard InChI is InChI=1S/C17H22FN3O/c1-3-19-17(20-10-9-16-8-5-11-22-16)21(2)13-14-6-4-7-15(18)12-14/h4-8,11-12H,3,9-10,13H2,1-2H3,(H,19,20). The molecule has 2 aromatic rings. The molecule has 22 heavy (non-hydrogen) atoms. The van der Waals surface area contributed by atoms with Crippen LogP contribution in [0, 0.1) is 5.82 Å². The molecule has 0 saturated heterocycles. The van der Waals surface area contributed by atoms with Gasteiger partial charge in [-0.05, 0) is 36.8 Å². The third-order valence-electron chi connectivity index (χ3n) is 3.21. The summed E-state index contributed by atoms with van der Waals surface area (Å²) in [7, 11) is 1.94. The van der Waals surface area contributed by atoms with E-state index >= 15 is 0 Å². The van der Waals surface area contributed by atoms with Gasteiger partial charge in [0.05, 0.1) is 6.26 Å². The van der Waals surface area contributed by atoms with Gasteiger partial charge in [0.2, 0.25) is 0 Å². The molecule has 0 unspecified atom stereocenters. The number of halogens is 1. The number of benzene rings is 1. The monoisotopic (exact) mass is 303 g/mol. The first-order valence-electron chi connectivity index (χ1n) is 7.45. The number of furan rings is 1. The number of hydrogen-bond donors (Lipinski definition) is 1. The highest BCUT2D eigenvalue weighted by Gasteiger charge is 2.07. The van der Waals surface area contributed by atoms with Gasteiger partial charge in [-0.1, -0.05) is 12.1 Å². The first-order valence-corrected chi connectivity index (χ1v) is 7.45. The molecule has 0 amide bonds. The van der Waals surface area contributed by atoms with E-state index in [2.05, 4.69) is 10.3 Å². The van der Waals surface area contributed by atoms with Gasteiger partial charge >= 0.3 is 0 Å². The van der Waals surface area contributed by atoms with Crippen LogP contribution in [0.2, 0.25) is 0 Å². The van der Waals surface area contributed by atoms with Crippen molar-refractivity contribution >= 4 is 5.96 Å². The molecule has 0 radical (unpaired) electrons. The third-order valence-corrected chi connectivity index (χ3v) is 3.21. The normalized spacial score (nSPS) is 11.5. The lowest BCUT2D eigenvalue weighted by molar-refractivity contribution is 0.472. The van der Waals surface area contributed by atoms with Crippen molar-refractivity contribution in [1.82, 2.24) is 10.2 Å². The highest BCUT2D eigenvalue weighted by atomic mass is 19.1. The van der Waals surface area contributed by atoms with Crippen molar-refractivity contribution in [3.63, 3.8) is 0 Å². The zero-order valence-corrected chi connectivity index (χ0v) is 13.1. The highest BCUT2D eigenvalue weighted by molar-refractivity contribution is 5.79. The molecule has 0 aliphatic carbocycles. The van der Waals surface area contributed by atoms with Gasteiger partial charge in [0, 0.05) is 33.1 Å². The number of hydrogen-bond acceptors (Lipinski definition) is 2. The predicted molar refractivity (Wildman–Crippen MR) is 86.3 cm³/mol. The lowest BCUT2D eigenvalue weighted by Gasteiger charge is -2.22. The molecule has 118 valence electrons. The fraction of sp³-hybridized carbons (Fsp3) is 0.353. The molecule has 0 bridgehead atoms. The fourth-order valence-electron chi connectivity index (χ4n) is 2.18. The van der Waals surface area contributed by atoms with E-state index in [0.717, 1.165) is 30.2 Å². The first kappa shape index (κ1) is 16.1. The molecule has 2 rings (SSSR count). The van der Waals surface area contributed by atoms with E-state index in [1.807, 2.05) is 37.1 Å². The van der Waals surface area contributed by atoms with E-state index in [-0.39, 0.29) is 5.82 Å². The van der Waals surface area contributed by atoms with E-state index in [4.69, 9.17) is 4.42 Å². The van der Waals surface area contributed by atoms with Crippen molar-refractivity contribution in [3.05, 3.63) is 59.8 Å². The Morgan fingerprint density at radius 3 is 2.86 bits per heavy atom. The summed E-state index contributed by atoms with van der Waals surface area (Å²) in [6.07, 6.45) is 2.43. The largest absolute Gasteiger partial charge is 0.469 e. The molecular formula is C17H22FN3O. The Morgan fingerprint density at radius 2 is 2.18 bits per heavy atom. The zero-order valence-electron chi connectivity index (χ0n) is 13.1. The molecule has 1 N–H and O–H groups in total. The molecule has 1 aromatic carbocycles. The average Bonchev–Trinajstić information content (AvgIpc) is 2.99. The van der Waals surface area contributed by atoms with Gasteiger partial charge in [0.1, 0.15) is 11.6 Å². The van der Waals surface area contributed by atoms with Gasteiger partial charge in [0.15, 0.2) is 5.96 Å². The van der Waals surface area contributed by atoms with Crippen molar-refractivity contribution in [3.8, 4) is 0 Å². The van der Waals surface area contributed by atoms with Gasteiger partial charge < -0.3 is 14.6 Å². The molecule has 0 spiro atoms. The molecule has 0 aliphatic heterocycles. The Bertz CT molecular complexity index is 596.